The summed E-state index contributed by atoms with van der Waals surface area (Å²) in [4.78, 5) is 30.1. The second-order valence-corrected chi connectivity index (χ2v) is 8.26. The number of H-pyrrole nitrogens is 1. The van der Waals surface area contributed by atoms with Crippen molar-refractivity contribution in [3.8, 4) is 0 Å². The molecule has 8 heteroatoms. The number of nitrogens with zero attached hydrogens (tertiary/aromatic N) is 1. The molecule has 2 heterocycles. The van der Waals surface area contributed by atoms with Crippen LogP contribution in [0.5, 0.6) is 0 Å². The molecule has 0 saturated heterocycles. The number of carbonyl (C=O) groups is 2. The van der Waals surface area contributed by atoms with Gasteiger partial charge in [-0.1, -0.05) is 12.1 Å². The average Bonchev–Trinajstić information content (AvgIpc) is 3.25. The van der Waals surface area contributed by atoms with E-state index in [-0.39, 0.29) is 18.5 Å². The molecule has 0 saturated carbocycles. The highest BCUT2D eigenvalue weighted by Crippen LogP contribution is 2.48. The first kappa shape index (κ1) is 18.6. The zero-order valence-electron chi connectivity index (χ0n) is 15.5. The van der Waals surface area contributed by atoms with Crippen LogP contribution in [-0.2, 0) is 13.6 Å². The maximum atomic E-state index is 13.3. The third kappa shape index (κ3) is 2.79. The van der Waals surface area contributed by atoms with Gasteiger partial charge in [0.25, 0.3) is 11.8 Å². The Morgan fingerprint density at radius 3 is 2.14 bits per heavy atom. The van der Waals surface area contributed by atoms with Crippen LogP contribution >= 0.6 is 7.60 Å². The molecule has 1 N–H and O–H groups in total. The SMILES string of the molecule is CCOP(=O)(OCC)c1cc(N2C(=O)c3ccccc3C2=O)c2cc[nH]c2c1. The number of aromatic nitrogens is 1. The quantitative estimate of drug-likeness (QED) is 0.503. The van der Waals surface area contributed by atoms with Gasteiger partial charge < -0.3 is 14.0 Å². The number of anilines is 1. The molecule has 7 nitrogen and oxygen atoms in total. The molecule has 0 fully saturated rings. The van der Waals surface area contributed by atoms with E-state index in [1.165, 1.54) is 0 Å². The molecule has 1 aliphatic rings. The van der Waals surface area contributed by atoms with Crippen LogP contribution in [-0.4, -0.2) is 30.0 Å². The van der Waals surface area contributed by atoms with Crippen LogP contribution in [0.4, 0.5) is 5.69 Å². The van der Waals surface area contributed by atoms with Crippen LogP contribution in [0.25, 0.3) is 10.9 Å². The van der Waals surface area contributed by atoms with Gasteiger partial charge in [-0.25, -0.2) is 4.90 Å². The zero-order valence-corrected chi connectivity index (χ0v) is 16.4. The van der Waals surface area contributed by atoms with Crippen molar-refractivity contribution < 1.29 is 23.2 Å². The highest BCUT2D eigenvalue weighted by molar-refractivity contribution is 7.62. The van der Waals surface area contributed by atoms with Gasteiger partial charge in [0.2, 0.25) is 0 Å². The summed E-state index contributed by atoms with van der Waals surface area (Å²) in [6.45, 7) is 3.85. The Morgan fingerprint density at radius 2 is 1.57 bits per heavy atom. The van der Waals surface area contributed by atoms with Crippen molar-refractivity contribution in [1.82, 2.24) is 4.98 Å². The molecule has 1 aliphatic heterocycles. The number of hydrogen-bond acceptors (Lipinski definition) is 5. The fourth-order valence-corrected chi connectivity index (χ4v) is 5.03. The van der Waals surface area contributed by atoms with E-state index in [1.54, 1.807) is 62.5 Å². The molecule has 1 aromatic heterocycles. The zero-order chi connectivity index (χ0) is 19.9. The van der Waals surface area contributed by atoms with Gasteiger partial charge in [0.05, 0.1) is 35.3 Å². The topological polar surface area (TPSA) is 88.7 Å². The minimum atomic E-state index is -3.60. The largest absolute Gasteiger partial charge is 0.361 e. The summed E-state index contributed by atoms with van der Waals surface area (Å²) < 4.78 is 24.2. The summed E-state index contributed by atoms with van der Waals surface area (Å²) in [5.74, 6) is -0.828. The molecule has 3 aromatic rings. The summed E-state index contributed by atoms with van der Waals surface area (Å²) in [5.41, 5.74) is 1.67. The number of nitrogens with one attached hydrogen (secondary N) is 1. The van der Waals surface area contributed by atoms with Crippen molar-refractivity contribution in [3.05, 3.63) is 59.8 Å². The van der Waals surface area contributed by atoms with Crippen LogP contribution in [0.3, 0.4) is 0 Å². The van der Waals surface area contributed by atoms with Gasteiger partial charge in [-0.3, -0.25) is 14.2 Å². The second-order valence-electron chi connectivity index (χ2n) is 6.23. The Kier molecular flexibility index (Phi) is 4.67. The van der Waals surface area contributed by atoms with Crippen LogP contribution in [0.1, 0.15) is 34.6 Å². The maximum absolute atomic E-state index is 13.3. The molecular formula is C20H19N2O5P. The second kappa shape index (κ2) is 7.02. The fourth-order valence-electron chi connectivity index (χ4n) is 3.41. The van der Waals surface area contributed by atoms with Crippen LogP contribution in [0.2, 0.25) is 0 Å². The first-order valence-electron chi connectivity index (χ1n) is 8.98. The monoisotopic (exact) mass is 398 g/mol. The van der Waals surface area contributed by atoms with Crippen LogP contribution in [0, 0.1) is 0 Å². The maximum Gasteiger partial charge on any atom is 0.361 e. The van der Waals surface area contributed by atoms with Crippen LogP contribution < -0.4 is 10.2 Å². The predicted octanol–water partition coefficient (Wildman–Crippen LogP) is 3.86. The first-order valence-corrected chi connectivity index (χ1v) is 10.5. The van der Waals surface area contributed by atoms with Gasteiger partial charge in [0.15, 0.2) is 0 Å². The molecule has 0 atom stereocenters. The van der Waals surface area contributed by atoms with Crippen molar-refractivity contribution >= 4 is 41.3 Å². The fraction of sp³-hybridized carbons (Fsp3) is 0.200. The molecule has 0 radical (unpaired) electrons. The van der Waals surface area contributed by atoms with E-state index in [1.807, 2.05) is 0 Å². The standard InChI is InChI=1S/C20H19N2O5P/c1-3-26-28(25,27-4-2)13-11-17-16(9-10-21-17)18(12-13)22-19(23)14-7-5-6-8-15(14)20(22)24/h5-12,21H,3-4H2,1-2H3. The van der Waals surface area contributed by atoms with Gasteiger partial charge in [-0.15, -0.1) is 0 Å². The number of carbonyl (C=O) groups excluding carboxylic acids is 2. The van der Waals surface area contributed by atoms with E-state index in [9.17, 15) is 14.2 Å². The minimum absolute atomic E-state index is 0.197. The third-order valence-electron chi connectivity index (χ3n) is 4.58. The lowest BCUT2D eigenvalue weighted by Gasteiger charge is -2.21. The number of benzene rings is 2. The molecule has 4 rings (SSSR count). The Balaban J connectivity index is 1.91. The van der Waals surface area contributed by atoms with Gasteiger partial charge in [0, 0.05) is 17.1 Å². The molecule has 2 amide bonds. The molecule has 2 aromatic carbocycles. The summed E-state index contributed by atoms with van der Waals surface area (Å²) in [7, 11) is -3.60. The lowest BCUT2D eigenvalue weighted by atomic mass is 10.1. The highest BCUT2D eigenvalue weighted by atomic mass is 31.2. The number of fused-ring (bicyclic) bond motifs is 2. The molecule has 144 valence electrons. The predicted molar refractivity (Wildman–Crippen MR) is 106 cm³/mol. The summed E-state index contributed by atoms with van der Waals surface area (Å²) in [5, 5.41) is 0.954. The van der Waals surface area contributed by atoms with E-state index >= 15 is 0 Å². The lowest BCUT2D eigenvalue weighted by Crippen LogP contribution is -2.30. The van der Waals surface area contributed by atoms with E-state index in [0.717, 1.165) is 4.90 Å². The minimum Gasteiger partial charge on any atom is -0.361 e. The van der Waals surface area contributed by atoms with Crippen molar-refractivity contribution in [3.63, 3.8) is 0 Å². The van der Waals surface area contributed by atoms with Gasteiger partial charge in [-0.05, 0) is 44.2 Å². The normalized spacial score (nSPS) is 14.1. The lowest BCUT2D eigenvalue weighted by molar-refractivity contribution is 0.0926. The molecule has 28 heavy (non-hydrogen) atoms. The summed E-state index contributed by atoms with van der Waals surface area (Å²) in [6, 6.07) is 11.7. The van der Waals surface area contributed by atoms with Crippen molar-refractivity contribution in [2.45, 2.75) is 13.8 Å². The Hall–Kier alpha value is -2.73. The number of aromatic amines is 1. The van der Waals surface area contributed by atoms with Gasteiger partial charge in [0.1, 0.15) is 0 Å². The van der Waals surface area contributed by atoms with Gasteiger partial charge in [-0.2, -0.15) is 0 Å². The number of imide groups is 1. The number of hydrogen-bond donors (Lipinski definition) is 1. The van der Waals surface area contributed by atoms with Crippen LogP contribution in [0.15, 0.2) is 48.7 Å². The van der Waals surface area contributed by atoms with E-state index < -0.39 is 19.4 Å². The molecule has 0 spiro atoms. The number of rotatable bonds is 6. The summed E-state index contributed by atoms with van der Waals surface area (Å²) in [6.07, 6.45) is 1.70. The van der Waals surface area contributed by atoms with E-state index in [0.29, 0.717) is 27.7 Å². The third-order valence-corrected chi connectivity index (χ3v) is 6.67. The first-order chi connectivity index (χ1) is 13.5. The Labute approximate surface area is 161 Å². The van der Waals surface area contributed by atoms with Crippen molar-refractivity contribution in [1.29, 1.82) is 0 Å². The Morgan fingerprint density at radius 1 is 0.964 bits per heavy atom. The smallest absolute Gasteiger partial charge is 0.361 e. The average molecular weight is 398 g/mol. The van der Waals surface area contributed by atoms with E-state index in [4.69, 9.17) is 9.05 Å². The molecule has 0 aliphatic carbocycles. The van der Waals surface area contributed by atoms with E-state index in [2.05, 4.69) is 4.98 Å². The van der Waals surface area contributed by atoms with Crippen molar-refractivity contribution in [2.75, 3.05) is 18.1 Å². The highest BCUT2D eigenvalue weighted by Gasteiger charge is 2.38. The Bertz CT molecular complexity index is 1090. The molecule has 0 unspecified atom stereocenters. The van der Waals surface area contributed by atoms with Gasteiger partial charge >= 0.3 is 7.60 Å². The summed E-state index contributed by atoms with van der Waals surface area (Å²) >= 11 is 0. The van der Waals surface area contributed by atoms with Crippen molar-refractivity contribution in [2.24, 2.45) is 0 Å². The molecule has 0 bridgehead atoms. The molecular weight excluding hydrogens is 379 g/mol. The number of amides is 2.